The van der Waals surface area contributed by atoms with Crippen molar-refractivity contribution in [3.63, 3.8) is 0 Å². The van der Waals surface area contributed by atoms with Gasteiger partial charge in [-0.1, -0.05) is 6.07 Å². The highest BCUT2D eigenvalue weighted by atomic mass is 32.1. The Hall–Kier alpha value is -2.08. The van der Waals surface area contributed by atoms with Crippen molar-refractivity contribution in [2.24, 2.45) is 0 Å². The van der Waals surface area contributed by atoms with E-state index in [0.29, 0.717) is 10.5 Å². The van der Waals surface area contributed by atoms with Crippen LogP contribution in [0.25, 0.3) is 16.7 Å². The topological polar surface area (TPSA) is 20.7 Å². The number of aromatic nitrogens is 2. The summed E-state index contributed by atoms with van der Waals surface area (Å²) in [7, 11) is 0. The number of alkyl halides is 3. The quantitative estimate of drug-likeness (QED) is 0.626. The number of rotatable bonds is 1. The van der Waals surface area contributed by atoms with Crippen LogP contribution in [0, 0.1) is 11.7 Å². The van der Waals surface area contributed by atoms with E-state index < -0.39 is 11.7 Å². The minimum absolute atomic E-state index is 0.454. The number of halogens is 3. The second kappa shape index (κ2) is 4.73. The zero-order chi connectivity index (χ0) is 15.2. The maximum Gasteiger partial charge on any atom is 0.416 e. The lowest BCUT2D eigenvalue weighted by Crippen LogP contribution is -2.05. The zero-order valence-electron chi connectivity index (χ0n) is 11.0. The van der Waals surface area contributed by atoms with Gasteiger partial charge in [0.1, 0.15) is 0 Å². The summed E-state index contributed by atoms with van der Waals surface area (Å²) in [5, 5.41) is 0. The number of hydrogen-bond donors (Lipinski definition) is 1. The Balaban J connectivity index is 2.19. The number of hydrogen-bond acceptors (Lipinski definition) is 1. The average molecular weight is 308 g/mol. The van der Waals surface area contributed by atoms with Gasteiger partial charge in [0.25, 0.3) is 0 Å². The van der Waals surface area contributed by atoms with Crippen molar-refractivity contribution >= 4 is 23.3 Å². The maximum atomic E-state index is 12.6. The molecule has 0 saturated heterocycles. The van der Waals surface area contributed by atoms with E-state index >= 15 is 0 Å². The molecule has 0 radical (unpaired) electrons. The third-order valence-corrected chi connectivity index (χ3v) is 3.58. The molecule has 6 heteroatoms. The van der Waals surface area contributed by atoms with E-state index in [1.54, 1.807) is 4.57 Å². The summed E-state index contributed by atoms with van der Waals surface area (Å²) < 4.78 is 40.0. The lowest BCUT2D eigenvalue weighted by atomic mass is 10.2. The molecule has 1 N–H and O–H groups in total. The maximum absolute atomic E-state index is 12.6. The summed E-state index contributed by atoms with van der Waals surface area (Å²) in [4.78, 5) is 3.05. The average Bonchev–Trinajstić information content (AvgIpc) is 2.73. The molecule has 2 nitrogen and oxygen atoms in total. The summed E-state index contributed by atoms with van der Waals surface area (Å²) >= 11 is 5.27. The molecule has 21 heavy (non-hydrogen) atoms. The Morgan fingerprint density at radius 2 is 1.71 bits per heavy atom. The van der Waals surface area contributed by atoms with E-state index in [2.05, 4.69) is 4.98 Å². The van der Waals surface area contributed by atoms with Gasteiger partial charge >= 0.3 is 6.18 Å². The summed E-state index contributed by atoms with van der Waals surface area (Å²) in [6.45, 7) is 1.95. The van der Waals surface area contributed by atoms with Crippen molar-refractivity contribution in [1.82, 2.24) is 9.55 Å². The Bertz CT molecular complexity index is 857. The predicted octanol–water partition coefficient (Wildman–Crippen LogP) is 5.02. The van der Waals surface area contributed by atoms with Gasteiger partial charge in [-0.2, -0.15) is 13.2 Å². The molecule has 0 saturated carbocycles. The molecule has 1 heterocycles. The van der Waals surface area contributed by atoms with Gasteiger partial charge in [0.05, 0.1) is 16.6 Å². The van der Waals surface area contributed by atoms with E-state index in [1.165, 1.54) is 12.1 Å². The number of aryl methyl sites for hydroxylation is 1. The Morgan fingerprint density at radius 3 is 2.33 bits per heavy atom. The van der Waals surface area contributed by atoms with Gasteiger partial charge in [0.2, 0.25) is 0 Å². The molecule has 2 aromatic carbocycles. The van der Waals surface area contributed by atoms with Gasteiger partial charge in [-0.05, 0) is 61.1 Å². The number of fused-ring (bicyclic) bond motifs is 1. The van der Waals surface area contributed by atoms with E-state index in [0.717, 1.165) is 28.7 Å². The van der Waals surface area contributed by atoms with Crippen LogP contribution in [-0.2, 0) is 6.18 Å². The molecule has 0 aliphatic rings. The fourth-order valence-corrected chi connectivity index (χ4v) is 2.58. The molecule has 0 bridgehead atoms. The van der Waals surface area contributed by atoms with E-state index in [-0.39, 0.29) is 0 Å². The van der Waals surface area contributed by atoms with Crippen LogP contribution < -0.4 is 0 Å². The molecule has 0 spiro atoms. The standard InChI is InChI=1S/C15H11F3N2S/c1-9-2-7-12-13(8-9)20(14(21)19-12)11-5-3-10(4-6-11)15(16,17)18/h2-8H,1H3,(H,19,21). The first kappa shape index (κ1) is 13.9. The number of nitrogens with one attached hydrogen (secondary N) is 1. The molecule has 0 aliphatic heterocycles. The van der Waals surface area contributed by atoms with E-state index in [1.807, 2.05) is 25.1 Å². The Labute approximate surface area is 123 Å². The molecular weight excluding hydrogens is 297 g/mol. The van der Waals surface area contributed by atoms with Gasteiger partial charge in [0.15, 0.2) is 4.77 Å². The SMILES string of the molecule is Cc1ccc2[nH]c(=S)n(-c3ccc(C(F)(F)F)cc3)c2c1. The molecular formula is C15H11F3N2S. The Kier molecular flexibility index (Phi) is 3.13. The smallest absolute Gasteiger partial charge is 0.330 e. The summed E-state index contributed by atoms with van der Waals surface area (Å²) in [5.41, 5.74) is 2.68. The normalized spacial score (nSPS) is 12.0. The third-order valence-electron chi connectivity index (χ3n) is 3.29. The molecule has 1 aromatic heterocycles. The van der Waals surface area contributed by atoms with Gasteiger partial charge in [-0.25, -0.2) is 0 Å². The van der Waals surface area contributed by atoms with E-state index in [4.69, 9.17) is 12.2 Å². The van der Waals surface area contributed by atoms with Gasteiger partial charge < -0.3 is 4.98 Å². The fourth-order valence-electron chi connectivity index (χ4n) is 2.27. The lowest BCUT2D eigenvalue weighted by Gasteiger charge is -2.09. The molecule has 0 aliphatic carbocycles. The van der Waals surface area contributed by atoms with Gasteiger partial charge in [-0.15, -0.1) is 0 Å². The lowest BCUT2D eigenvalue weighted by molar-refractivity contribution is -0.137. The number of nitrogens with zero attached hydrogens (tertiary/aromatic N) is 1. The monoisotopic (exact) mass is 308 g/mol. The predicted molar refractivity (Wildman–Crippen MR) is 78.2 cm³/mol. The van der Waals surface area contributed by atoms with Crippen molar-refractivity contribution in [2.75, 3.05) is 0 Å². The van der Waals surface area contributed by atoms with E-state index in [9.17, 15) is 13.2 Å². The summed E-state index contributed by atoms with van der Waals surface area (Å²) in [6, 6.07) is 10.8. The minimum Gasteiger partial charge on any atom is -0.330 e. The van der Waals surface area contributed by atoms with Crippen LogP contribution in [0.3, 0.4) is 0 Å². The molecule has 0 unspecified atom stereocenters. The van der Waals surface area contributed by atoms with Gasteiger partial charge in [-0.3, -0.25) is 4.57 Å². The summed E-state index contributed by atoms with van der Waals surface area (Å²) in [5.74, 6) is 0. The number of aromatic amines is 1. The van der Waals surface area contributed by atoms with Crippen LogP contribution in [0.4, 0.5) is 13.2 Å². The number of benzene rings is 2. The third kappa shape index (κ3) is 2.47. The highest BCUT2D eigenvalue weighted by Gasteiger charge is 2.30. The molecule has 0 atom stereocenters. The first-order chi connectivity index (χ1) is 9.86. The van der Waals surface area contributed by atoms with Gasteiger partial charge in [0, 0.05) is 5.69 Å². The fraction of sp³-hybridized carbons (Fsp3) is 0.133. The second-order valence-electron chi connectivity index (χ2n) is 4.83. The number of imidazole rings is 1. The molecule has 3 rings (SSSR count). The van der Waals surface area contributed by atoms with Crippen molar-refractivity contribution in [3.05, 3.63) is 58.4 Å². The van der Waals surface area contributed by atoms with Crippen LogP contribution in [0.5, 0.6) is 0 Å². The molecule has 0 amide bonds. The van der Waals surface area contributed by atoms with Crippen LogP contribution in [0.1, 0.15) is 11.1 Å². The van der Waals surface area contributed by atoms with Crippen molar-refractivity contribution in [3.8, 4) is 5.69 Å². The molecule has 0 fully saturated rings. The Morgan fingerprint density at radius 1 is 1.05 bits per heavy atom. The highest BCUT2D eigenvalue weighted by Crippen LogP contribution is 2.30. The largest absolute Gasteiger partial charge is 0.416 e. The van der Waals surface area contributed by atoms with Crippen molar-refractivity contribution in [2.45, 2.75) is 13.1 Å². The van der Waals surface area contributed by atoms with Crippen LogP contribution in [-0.4, -0.2) is 9.55 Å². The van der Waals surface area contributed by atoms with Crippen LogP contribution >= 0.6 is 12.2 Å². The van der Waals surface area contributed by atoms with Crippen LogP contribution in [0.15, 0.2) is 42.5 Å². The minimum atomic E-state index is -4.34. The zero-order valence-corrected chi connectivity index (χ0v) is 11.8. The number of H-pyrrole nitrogens is 1. The molecule has 3 aromatic rings. The summed E-state index contributed by atoms with van der Waals surface area (Å²) in [6.07, 6.45) is -4.34. The van der Waals surface area contributed by atoms with Crippen molar-refractivity contribution < 1.29 is 13.2 Å². The van der Waals surface area contributed by atoms with Crippen LogP contribution in [0.2, 0.25) is 0 Å². The second-order valence-corrected chi connectivity index (χ2v) is 5.22. The highest BCUT2D eigenvalue weighted by molar-refractivity contribution is 7.71. The molecule has 108 valence electrons. The van der Waals surface area contributed by atoms with Crippen molar-refractivity contribution in [1.29, 1.82) is 0 Å². The first-order valence-electron chi connectivity index (χ1n) is 6.25. The first-order valence-corrected chi connectivity index (χ1v) is 6.66.